The molecule has 8 heteroatoms. The van der Waals surface area contributed by atoms with Gasteiger partial charge in [-0.3, -0.25) is 4.79 Å². The van der Waals surface area contributed by atoms with Gasteiger partial charge in [-0.25, -0.2) is 4.98 Å². The number of allylic oxidation sites excluding steroid dienone is 1. The summed E-state index contributed by atoms with van der Waals surface area (Å²) in [6, 6.07) is 22.3. The van der Waals surface area contributed by atoms with Crippen molar-refractivity contribution in [3.05, 3.63) is 106 Å². The second kappa shape index (κ2) is 12.2. The lowest BCUT2D eigenvalue weighted by Crippen LogP contribution is -2.12. The number of ketones is 1. The number of anilines is 4. The maximum atomic E-state index is 13.5. The first-order valence-electron chi connectivity index (χ1n) is 12.2. The minimum Gasteiger partial charge on any atom is -0.496 e. The van der Waals surface area contributed by atoms with E-state index < -0.39 is 0 Å². The predicted octanol–water partition coefficient (Wildman–Crippen LogP) is 6.42. The van der Waals surface area contributed by atoms with E-state index in [1.54, 1.807) is 37.5 Å². The number of benzene rings is 3. The predicted molar refractivity (Wildman–Crippen MR) is 151 cm³/mol. The van der Waals surface area contributed by atoms with Crippen LogP contribution in [0.3, 0.4) is 0 Å². The van der Waals surface area contributed by atoms with E-state index in [0.717, 1.165) is 27.9 Å². The molecule has 192 valence electrons. The number of nitrogens with zero attached hydrogens (tertiary/aromatic N) is 4. The van der Waals surface area contributed by atoms with E-state index >= 15 is 0 Å². The summed E-state index contributed by atoms with van der Waals surface area (Å²) in [6.07, 6.45) is 4.80. The molecule has 4 rings (SSSR count). The Balaban J connectivity index is 1.72. The first-order valence-corrected chi connectivity index (χ1v) is 12.2. The summed E-state index contributed by atoms with van der Waals surface area (Å²) in [7, 11) is 1.57. The van der Waals surface area contributed by atoms with Gasteiger partial charge in [0.2, 0.25) is 5.95 Å². The number of hydrogen-bond donors (Lipinski definition) is 2. The number of ether oxygens (including phenoxy) is 1. The molecule has 0 bridgehead atoms. The number of rotatable bonds is 9. The van der Waals surface area contributed by atoms with E-state index in [2.05, 4.69) is 26.7 Å². The summed E-state index contributed by atoms with van der Waals surface area (Å²) in [5, 5.41) is 24.4. The van der Waals surface area contributed by atoms with E-state index in [-0.39, 0.29) is 12.2 Å². The molecule has 0 spiro atoms. The van der Waals surface area contributed by atoms with E-state index in [1.165, 1.54) is 12.3 Å². The highest BCUT2D eigenvalue weighted by atomic mass is 16.5. The van der Waals surface area contributed by atoms with E-state index in [1.807, 2.05) is 56.3 Å². The van der Waals surface area contributed by atoms with Crippen molar-refractivity contribution in [3.8, 4) is 17.9 Å². The molecule has 0 aliphatic carbocycles. The second-order valence-corrected chi connectivity index (χ2v) is 8.80. The number of aromatic nitrogens is 2. The van der Waals surface area contributed by atoms with E-state index in [9.17, 15) is 4.79 Å². The minimum absolute atomic E-state index is 0.111. The largest absolute Gasteiger partial charge is 0.496 e. The minimum atomic E-state index is -0.171. The van der Waals surface area contributed by atoms with Gasteiger partial charge in [0.1, 0.15) is 11.6 Å². The van der Waals surface area contributed by atoms with Crippen LogP contribution in [0.2, 0.25) is 0 Å². The molecular formula is C31H26N6O2. The van der Waals surface area contributed by atoms with Crippen molar-refractivity contribution in [1.82, 2.24) is 9.97 Å². The van der Waals surface area contributed by atoms with Crippen LogP contribution in [0, 0.1) is 36.5 Å². The van der Waals surface area contributed by atoms with E-state index in [0.29, 0.717) is 34.3 Å². The van der Waals surface area contributed by atoms with Crippen molar-refractivity contribution in [2.24, 2.45) is 0 Å². The van der Waals surface area contributed by atoms with Crippen molar-refractivity contribution in [2.45, 2.75) is 20.3 Å². The molecule has 0 amide bonds. The van der Waals surface area contributed by atoms with Crippen LogP contribution in [-0.4, -0.2) is 22.9 Å². The molecule has 1 heterocycles. The number of para-hydroxylation sites is 1. The Kier molecular flexibility index (Phi) is 8.30. The monoisotopic (exact) mass is 514 g/mol. The highest BCUT2D eigenvalue weighted by Crippen LogP contribution is 2.29. The van der Waals surface area contributed by atoms with Gasteiger partial charge in [0.05, 0.1) is 30.4 Å². The SMILES string of the molecule is COc1ccccc1CC(=O)c1cnc(Nc2ccc(C#N)cc2)nc1Nc1c(C)cc(/C=C/C#N)cc1C. The fraction of sp³-hybridized carbons (Fsp3) is 0.129. The van der Waals surface area contributed by atoms with Gasteiger partial charge in [-0.2, -0.15) is 15.5 Å². The zero-order valence-electron chi connectivity index (χ0n) is 21.8. The smallest absolute Gasteiger partial charge is 0.229 e. The molecule has 4 aromatic rings. The maximum Gasteiger partial charge on any atom is 0.229 e. The van der Waals surface area contributed by atoms with Gasteiger partial charge in [-0.15, -0.1) is 0 Å². The molecule has 0 unspecified atom stereocenters. The Morgan fingerprint density at radius 1 is 1.03 bits per heavy atom. The molecule has 0 saturated heterocycles. The average Bonchev–Trinajstić information content (AvgIpc) is 2.94. The molecule has 0 aliphatic heterocycles. The summed E-state index contributed by atoms with van der Waals surface area (Å²) >= 11 is 0. The zero-order valence-corrected chi connectivity index (χ0v) is 21.8. The Morgan fingerprint density at radius 2 is 1.74 bits per heavy atom. The van der Waals surface area contributed by atoms with Crippen molar-refractivity contribution in [2.75, 3.05) is 17.7 Å². The number of nitrogens with one attached hydrogen (secondary N) is 2. The number of methoxy groups -OCH3 is 1. The molecule has 0 aliphatic rings. The summed E-state index contributed by atoms with van der Waals surface area (Å²) in [6.45, 7) is 3.90. The van der Waals surface area contributed by atoms with Crippen LogP contribution in [0.25, 0.3) is 6.08 Å². The third kappa shape index (κ3) is 6.46. The molecule has 39 heavy (non-hydrogen) atoms. The standard InChI is InChI=1S/C31H26N6O2/c1-20-15-23(7-6-14-32)16-21(2)29(20)36-30-26(27(38)17-24-8-4-5-9-28(24)39-3)19-34-31(37-30)35-25-12-10-22(18-33)11-13-25/h4-13,15-16,19H,17H2,1-3H3,(H2,34,35,36,37)/b7-6+. The highest BCUT2D eigenvalue weighted by molar-refractivity contribution is 6.02. The van der Waals surface area contributed by atoms with Gasteiger partial charge in [0, 0.05) is 35.6 Å². The molecule has 3 aromatic carbocycles. The van der Waals surface area contributed by atoms with Gasteiger partial charge in [0.15, 0.2) is 5.78 Å². The molecule has 0 saturated carbocycles. The van der Waals surface area contributed by atoms with Crippen molar-refractivity contribution in [1.29, 1.82) is 10.5 Å². The number of nitriles is 2. The van der Waals surface area contributed by atoms with Gasteiger partial charge in [-0.05, 0) is 79.1 Å². The van der Waals surface area contributed by atoms with Crippen LogP contribution in [0.4, 0.5) is 23.1 Å². The summed E-state index contributed by atoms with van der Waals surface area (Å²) in [5.41, 5.74) is 5.89. The van der Waals surface area contributed by atoms with Crippen LogP contribution in [0.5, 0.6) is 5.75 Å². The van der Waals surface area contributed by atoms with Gasteiger partial charge >= 0.3 is 0 Å². The number of aryl methyl sites for hydroxylation is 2. The topological polar surface area (TPSA) is 124 Å². The fourth-order valence-electron chi connectivity index (χ4n) is 4.16. The number of carbonyl (C=O) groups excluding carboxylic acids is 1. The maximum absolute atomic E-state index is 13.5. The molecule has 8 nitrogen and oxygen atoms in total. The van der Waals surface area contributed by atoms with Crippen molar-refractivity contribution >= 4 is 35.0 Å². The third-order valence-electron chi connectivity index (χ3n) is 6.05. The quantitative estimate of drug-likeness (QED) is 0.194. The highest BCUT2D eigenvalue weighted by Gasteiger charge is 2.19. The lowest BCUT2D eigenvalue weighted by atomic mass is 10.0. The Morgan fingerprint density at radius 3 is 2.41 bits per heavy atom. The second-order valence-electron chi connectivity index (χ2n) is 8.80. The van der Waals surface area contributed by atoms with Crippen LogP contribution >= 0.6 is 0 Å². The summed E-state index contributed by atoms with van der Waals surface area (Å²) in [4.78, 5) is 22.6. The first-order chi connectivity index (χ1) is 18.9. The number of Topliss-reactive ketones (excluding diaryl/α,β-unsaturated/α-hetero) is 1. The fourth-order valence-corrected chi connectivity index (χ4v) is 4.16. The van der Waals surface area contributed by atoms with Crippen molar-refractivity contribution < 1.29 is 9.53 Å². The zero-order chi connectivity index (χ0) is 27.8. The lowest BCUT2D eigenvalue weighted by molar-refractivity contribution is 0.0992. The van der Waals surface area contributed by atoms with Gasteiger partial charge < -0.3 is 15.4 Å². The van der Waals surface area contributed by atoms with Crippen LogP contribution in [0.1, 0.15) is 38.2 Å². The molecule has 0 radical (unpaired) electrons. The average molecular weight is 515 g/mol. The van der Waals surface area contributed by atoms with E-state index in [4.69, 9.17) is 15.3 Å². The van der Waals surface area contributed by atoms with Crippen molar-refractivity contribution in [3.63, 3.8) is 0 Å². The summed E-state index contributed by atoms with van der Waals surface area (Å²) < 4.78 is 5.43. The molecule has 2 N–H and O–H groups in total. The molecule has 0 fully saturated rings. The number of carbonyl (C=O) groups is 1. The van der Waals surface area contributed by atoms with Gasteiger partial charge in [-0.1, -0.05) is 18.2 Å². The van der Waals surface area contributed by atoms with Gasteiger partial charge in [0.25, 0.3) is 0 Å². The molecule has 0 atom stereocenters. The Labute approximate surface area is 227 Å². The van der Waals surface area contributed by atoms with Crippen LogP contribution in [0.15, 0.2) is 72.9 Å². The van der Waals surface area contributed by atoms with Crippen LogP contribution < -0.4 is 15.4 Å². The number of hydrogen-bond acceptors (Lipinski definition) is 8. The molecular weight excluding hydrogens is 488 g/mol. The Hall–Kier alpha value is -5.47. The summed E-state index contributed by atoms with van der Waals surface area (Å²) in [5.74, 6) is 1.11. The molecule has 1 aromatic heterocycles. The third-order valence-corrected chi connectivity index (χ3v) is 6.05. The van der Waals surface area contributed by atoms with Crippen LogP contribution in [-0.2, 0) is 6.42 Å². The lowest BCUT2D eigenvalue weighted by Gasteiger charge is -2.17. The normalized spacial score (nSPS) is 10.5. The first kappa shape index (κ1) is 26.6. The Bertz CT molecular complexity index is 1610.